The summed E-state index contributed by atoms with van der Waals surface area (Å²) in [7, 11) is -3.60. The molecule has 0 aliphatic carbocycles. The van der Waals surface area contributed by atoms with Crippen LogP contribution in [0.4, 0.5) is 5.69 Å². The average Bonchev–Trinajstić information content (AvgIpc) is 2.69. The number of nitrogens with two attached hydrogens (primary N) is 1. The maximum atomic E-state index is 12.3. The summed E-state index contributed by atoms with van der Waals surface area (Å²) in [6.07, 6.45) is 0. The van der Waals surface area contributed by atoms with Gasteiger partial charge in [0.15, 0.2) is 11.5 Å². The fourth-order valence-corrected chi connectivity index (χ4v) is 3.54. The van der Waals surface area contributed by atoms with Crippen LogP contribution in [0.1, 0.15) is 12.5 Å². The number of para-hydroxylation sites is 2. The fraction of sp³-hybridized carbons (Fsp3) is 0.143. The van der Waals surface area contributed by atoms with Crippen molar-refractivity contribution in [3.05, 3.63) is 78.4 Å². The van der Waals surface area contributed by atoms with Crippen molar-refractivity contribution in [3.63, 3.8) is 0 Å². The van der Waals surface area contributed by atoms with Crippen molar-refractivity contribution in [2.45, 2.75) is 18.4 Å². The highest BCUT2D eigenvalue weighted by Gasteiger charge is 2.13. The molecule has 3 aromatic rings. The predicted octanol–water partition coefficient (Wildman–Crippen LogP) is 3.94. The average molecular weight is 398 g/mol. The molecule has 3 aromatic carbocycles. The molecule has 0 aliphatic heterocycles. The molecule has 0 heterocycles. The van der Waals surface area contributed by atoms with E-state index in [-0.39, 0.29) is 11.4 Å². The van der Waals surface area contributed by atoms with E-state index in [0.717, 1.165) is 5.56 Å². The maximum Gasteiger partial charge on any atom is 0.240 e. The molecule has 0 bridgehead atoms. The summed E-state index contributed by atoms with van der Waals surface area (Å²) in [5.41, 5.74) is 6.92. The van der Waals surface area contributed by atoms with Crippen LogP contribution in [0.2, 0.25) is 0 Å². The van der Waals surface area contributed by atoms with Crippen molar-refractivity contribution in [2.24, 2.45) is 0 Å². The third-order valence-electron chi connectivity index (χ3n) is 3.96. The van der Waals surface area contributed by atoms with Crippen LogP contribution in [0, 0.1) is 0 Å². The van der Waals surface area contributed by atoms with Crippen LogP contribution >= 0.6 is 0 Å². The Morgan fingerprint density at radius 3 is 2.18 bits per heavy atom. The molecule has 28 heavy (non-hydrogen) atoms. The molecule has 0 saturated carbocycles. The summed E-state index contributed by atoms with van der Waals surface area (Å²) in [6, 6.07) is 20.7. The molecule has 3 rings (SSSR count). The van der Waals surface area contributed by atoms with E-state index in [1.165, 1.54) is 12.1 Å². The zero-order valence-electron chi connectivity index (χ0n) is 15.5. The number of nitrogen functional groups attached to an aromatic ring is 1. The van der Waals surface area contributed by atoms with Crippen molar-refractivity contribution < 1.29 is 17.9 Å². The molecule has 0 radical (unpaired) electrons. The summed E-state index contributed by atoms with van der Waals surface area (Å²) in [5, 5.41) is 0. The number of sulfonamides is 1. The van der Waals surface area contributed by atoms with Crippen molar-refractivity contribution in [1.29, 1.82) is 0 Å². The van der Waals surface area contributed by atoms with Crippen LogP contribution in [-0.2, 0) is 16.6 Å². The normalized spacial score (nSPS) is 11.2. The van der Waals surface area contributed by atoms with Crippen LogP contribution in [0.25, 0.3) is 0 Å². The van der Waals surface area contributed by atoms with Gasteiger partial charge in [-0.1, -0.05) is 24.3 Å². The lowest BCUT2D eigenvalue weighted by atomic mass is 10.2. The molecule has 0 atom stereocenters. The first-order chi connectivity index (χ1) is 13.5. The first-order valence-corrected chi connectivity index (χ1v) is 10.3. The molecular formula is C21H22N2O4S. The Balaban J connectivity index is 1.64. The lowest BCUT2D eigenvalue weighted by Gasteiger charge is -2.12. The zero-order chi connectivity index (χ0) is 20.0. The van der Waals surface area contributed by atoms with Crippen molar-refractivity contribution in [3.8, 4) is 17.2 Å². The van der Waals surface area contributed by atoms with Crippen LogP contribution in [0.15, 0.2) is 77.7 Å². The summed E-state index contributed by atoms with van der Waals surface area (Å²) in [5.74, 6) is 1.93. The van der Waals surface area contributed by atoms with Gasteiger partial charge in [0, 0.05) is 12.2 Å². The monoisotopic (exact) mass is 398 g/mol. The molecule has 0 unspecified atom stereocenters. The summed E-state index contributed by atoms with van der Waals surface area (Å²) >= 11 is 0. The molecule has 0 aromatic heterocycles. The van der Waals surface area contributed by atoms with E-state index in [0.29, 0.717) is 29.5 Å². The molecule has 6 nitrogen and oxygen atoms in total. The minimum Gasteiger partial charge on any atom is -0.490 e. The highest BCUT2D eigenvalue weighted by molar-refractivity contribution is 7.89. The van der Waals surface area contributed by atoms with Gasteiger partial charge in [-0.3, -0.25) is 0 Å². The Labute approximate surface area is 165 Å². The topological polar surface area (TPSA) is 90.6 Å². The van der Waals surface area contributed by atoms with E-state index in [1.807, 2.05) is 43.3 Å². The summed E-state index contributed by atoms with van der Waals surface area (Å²) in [6.45, 7) is 2.63. The first-order valence-electron chi connectivity index (χ1n) is 8.82. The number of benzene rings is 3. The van der Waals surface area contributed by atoms with Gasteiger partial charge in [-0.25, -0.2) is 13.1 Å². The number of hydrogen-bond acceptors (Lipinski definition) is 5. The fourth-order valence-electron chi connectivity index (χ4n) is 2.52. The van der Waals surface area contributed by atoms with E-state index in [1.54, 1.807) is 24.3 Å². The van der Waals surface area contributed by atoms with Gasteiger partial charge in [-0.15, -0.1) is 0 Å². The van der Waals surface area contributed by atoms with Gasteiger partial charge in [0.1, 0.15) is 5.75 Å². The van der Waals surface area contributed by atoms with Gasteiger partial charge < -0.3 is 15.2 Å². The Bertz CT molecular complexity index is 1020. The lowest BCUT2D eigenvalue weighted by molar-refractivity contribution is 0.321. The predicted molar refractivity (Wildman–Crippen MR) is 109 cm³/mol. The molecular weight excluding hydrogens is 376 g/mol. The van der Waals surface area contributed by atoms with Gasteiger partial charge in [-0.05, 0) is 61.0 Å². The SMILES string of the molecule is CCOc1ccccc1Oc1ccc(CNS(=O)(=O)c2ccc(N)cc2)cc1. The zero-order valence-corrected chi connectivity index (χ0v) is 16.3. The van der Waals surface area contributed by atoms with Crippen LogP contribution < -0.4 is 19.9 Å². The van der Waals surface area contributed by atoms with Crippen molar-refractivity contribution in [1.82, 2.24) is 4.72 Å². The second-order valence-electron chi connectivity index (χ2n) is 6.02. The minimum atomic E-state index is -3.60. The van der Waals surface area contributed by atoms with Gasteiger partial charge in [0.25, 0.3) is 0 Å². The number of ether oxygens (including phenoxy) is 2. The molecule has 0 aliphatic rings. The van der Waals surface area contributed by atoms with Gasteiger partial charge in [0.05, 0.1) is 11.5 Å². The van der Waals surface area contributed by atoms with Gasteiger partial charge in [-0.2, -0.15) is 0 Å². The Morgan fingerprint density at radius 1 is 0.893 bits per heavy atom. The third kappa shape index (κ3) is 5.03. The molecule has 3 N–H and O–H groups in total. The van der Waals surface area contributed by atoms with E-state index in [9.17, 15) is 8.42 Å². The lowest BCUT2D eigenvalue weighted by Crippen LogP contribution is -2.23. The molecule has 0 spiro atoms. The number of hydrogen-bond donors (Lipinski definition) is 2. The number of nitrogens with one attached hydrogen (secondary N) is 1. The van der Waals surface area contributed by atoms with Crippen LogP contribution in [0.3, 0.4) is 0 Å². The van der Waals surface area contributed by atoms with Crippen LogP contribution in [0.5, 0.6) is 17.2 Å². The van der Waals surface area contributed by atoms with Crippen LogP contribution in [-0.4, -0.2) is 15.0 Å². The molecule has 0 fully saturated rings. The Morgan fingerprint density at radius 2 is 1.54 bits per heavy atom. The van der Waals surface area contributed by atoms with E-state index >= 15 is 0 Å². The van der Waals surface area contributed by atoms with Crippen molar-refractivity contribution in [2.75, 3.05) is 12.3 Å². The third-order valence-corrected chi connectivity index (χ3v) is 5.37. The Kier molecular flexibility index (Phi) is 6.18. The van der Waals surface area contributed by atoms with E-state index < -0.39 is 10.0 Å². The standard InChI is InChI=1S/C21H22N2O4S/c1-2-26-20-5-3-4-6-21(20)27-18-11-7-16(8-12-18)15-23-28(24,25)19-13-9-17(22)10-14-19/h3-14,23H,2,15,22H2,1H3. The summed E-state index contributed by atoms with van der Waals surface area (Å²) < 4.78 is 38.7. The molecule has 146 valence electrons. The Hall–Kier alpha value is -3.03. The largest absolute Gasteiger partial charge is 0.490 e. The second kappa shape index (κ2) is 8.77. The highest BCUT2D eigenvalue weighted by atomic mass is 32.2. The van der Waals surface area contributed by atoms with Gasteiger partial charge in [0.2, 0.25) is 10.0 Å². The second-order valence-corrected chi connectivity index (χ2v) is 7.79. The molecule has 0 saturated heterocycles. The number of anilines is 1. The van der Waals surface area contributed by atoms with E-state index in [4.69, 9.17) is 15.2 Å². The smallest absolute Gasteiger partial charge is 0.240 e. The minimum absolute atomic E-state index is 0.169. The molecule has 7 heteroatoms. The number of rotatable bonds is 8. The maximum absolute atomic E-state index is 12.3. The quantitative estimate of drug-likeness (QED) is 0.561. The van der Waals surface area contributed by atoms with Crippen molar-refractivity contribution >= 4 is 15.7 Å². The highest BCUT2D eigenvalue weighted by Crippen LogP contribution is 2.31. The van der Waals surface area contributed by atoms with E-state index in [2.05, 4.69) is 4.72 Å². The molecule has 0 amide bonds. The van der Waals surface area contributed by atoms with Gasteiger partial charge >= 0.3 is 0 Å². The first kappa shape index (κ1) is 19.7. The summed E-state index contributed by atoms with van der Waals surface area (Å²) in [4.78, 5) is 0.175.